The highest BCUT2D eigenvalue weighted by atomic mass is 16.5. The summed E-state index contributed by atoms with van der Waals surface area (Å²) in [6, 6.07) is 0. The van der Waals surface area contributed by atoms with Crippen molar-refractivity contribution in [2.45, 2.75) is 66.5 Å². The molecule has 0 aromatic carbocycles. The number of rotatable bonds is 9. The van der Waals surface area contributed by atoms with Crippen LogP contribution in [0.15, 0.2) is 9.52 Å². The number of esters is 1. The molecule has 0 amide bonds. The van der Waals surface area contributed by atoms with E-state index in [0.717, 1.165) is 36.4 Å². The predicted molar refractivity (Wildman–Crippen MR) is 93.9 cm³/mol. The predicted octanol–water partition coefficient (Wildman–Crippen LogP) is 2.20. The van der Waals surface area contributed by atoms with E-state index in [1.165, 1.54) is 0 Å². The molecule has 0 unspecified atom stereocenters. The molecule has 0 fully saturated rings. The van der Waals surface area contributed by atoms with Gasteiger partial charge in [0.25, 0.3) is 0 Å². The second kappa shape index (κ2) is 10.7. The molecular formula is C17H30N4O3. The molecule has 1 rings (SSSR count). The highest BCUT2D eigenvalue weighted by molar-refractivity contribution is 5.80. The monoisotopic (exact) mass is 338 g/mol. The highest BCUT2D eigenvalue weighted by Crippen LogP contribution is 2.16. The van der Waals surface area contributed by atoms with Crippen LogP contribution < -0.4 is 10.6 Å². The van der Waals surface area contributed by atoms with Gasteiger partial charge in [0.1, 0.15) is 5.76 Å². The Morgan fingerprint density at radius 3 is 2.58 bits per heavy atom. The second-order valence-electron chi connectivity index (χ2n) is 5.65. The van der Waals surface area contributed by atoms with E-state index < -0.39 is 0 Å². The van der Waals surface area contributed by atoms with E-state index in [4.69, 9.17) is 9.26 Å². The first-order valence-corrected chi connectivity index (χ1v) is 8.69. The van der Waals surface area contributed by atoms with Crippen molar-refractivity contribution in [1.29, 1.82) is 0 Å². The minimum atomic E-state index is -0.214. The van der Waals surface area contributed by atoms with Gasteiger partial charge in [-0.25, -0.2) is 4.99 Å². The highest BCUT2D eigenvalue weighted by Gasteiger charge is 2.13. The number of carbonyl (C=O) groups excluding carboxylic acids is 1. The molecule has 1 aromatic rings. The van der Waals surface area contributed by atoms with Gasteiger partial charge in [0.15, 0.2) is 5.96 Å². The topological polar surface area (TPSA) is 88.8 Å². The Morgan fingerprint density at radius 2 is 2.00 bits per heavy atom. The van der Waals surface area contributed by atoms with Gasteiger partial charge in [0.2, 0.25) is 0 Å². The zero-order valence-corrected chi connectivity index (χ0v) is 15.4. The first-order chi connectivity index (χ1) is 11.5. The van der Waals surface area contributed by atoms with Gasteiger partial charge in [-0.15, -0.1) is 0 Å². The summed E-state index contributed by atoms with van der Waals surface area (Å²) in [5.74, 6) is 1.33. The Bertz CT molecular complexity index is 516. The van der Waals surface area contributed by atoms with Gasteiger partial charge in [-0.05, 0) is 27.2 Å². The summed E-state index contributed by atoms with van der Waals surface area (Å²) in [6.07, 6.45) is 1.83. The largest absolute Gasteiger partial charge is 0.463 e. The van der Waals surface area contributed by atoms with Gasteiger partial charge in [0, 0.05) is 25.1 Å². The molecule has 0 bridgehead atoms. The molecule has 0 spiro atoms. The quantitative estimate of drug-likeness (QED) is 0.408. The van der Waals surface area contributed by atoms with E-state index in [-0.39, 0.29) is 12.1 Å². The van der Waals surface area contributed by atoms with E-state index in [1.807, 2.05) is 34.6 Å². The van der Waals surface area contributed by atoms with Crippen molar-refractivity contribution in [3.8, 4) is 0 Å². The number of hydrogen-bond acceptors (Lipinski definition) is 5. The molecule has 136 valence electrons. The van der Waals surface area contributed by atoms with Crippen LogP contribution in [0.4, 0.5) is 0 Å². The first kappa shape index (κ1) is 20.0. The smallest absolute Gasteiger partial charge is 0.307 e. The molecule has 1 heterocycles. The van der Waals surface area contributed by atoms with Crippen LogP contribution in [0.2, 0.25) is 0 Å². The van der Waals surface area contributed by atoms with Crippen LogP contribution in [0.25, 0.3) is 0 Å². The summed E-state index contributed by atoms with van der Waals surface area (Å²) in [6.45, 7) is 11.5. The van der Waals surface area contributed by atoms with Gasteiger partial charge in [-0.3, -0.25) is 4.79 Å². The zero-order chi connectivity index (χ0) is 17.9. The Kier molecular flexibility index (Phi) is 8.89. The van der Waals surface area contributed by atoms with E-state index in [9.17, 15) is 4.79 Å². The third-order valence-electron chi connectivity index (χ3n) is 3.34. The number of nitrogens with one attached hydrogen (secondary N) is 2. The van der Waals surface area contributed by atoms with Gasteiger partial charge in [0.05, 0.1) is 24.8 Å². The van der Waals surface area contributed by atoms with Crippen LogP contribution in [0, 0.1) is 0 Å². The molecule has 7 nitrogen and oxygen atoms in total. The van der Waals surface area contributed by atoms with Crippen LogP contribution in [-0.2, 0) is 28.9 Å². The summed E-state index contributed by atoms with van der Waals surface area (Å²) in [7, 11) is 0. The van der Waals surface area contributed by atoms with Crippen LogP contribution in [0.3, 0.4) is 0 Å². The third kappa shape index (κ3) is 6.60. The molecule has 7 heteroatoms. The number of aromatic nitrogens is 1. The first-order valence-electron chi connectivity index (χ1n) is 8.69. The molecule has 2 N–H and O–H groups in total. The maximum atomic E-state index is 11.6. The lowest BCUT2D eigenvalue weighted by Crippen LogP contribution is -2.38. The molecule has 0 atom stereocenters. The van der Waals surface area contributed by atoms with Crippen molar-refractivity contribution >= 4 is 11.9 Å². The van der Waals surface area contributed by atoms with Crippen LogP contribution in [0.5, 0.6) is 0 Å². The number of guanidine groups is 1. The molecule has 0 saturated heterocycles. The fraction of sp³-hybridized carbons (Fsp3) is 0.706. The third-order valence-corrected chi connectivity index (χ3v) is 3.34. The number of hydrogen-bond donors (Lipinski definition) is 2. The molecule has 1 aromatic heterocycles. The Morgan fingerprint density at radius 1 is 1.25 bits per heavy atom. The summed E-state index contributed by atoms with van der Waals surface area (Å²) >= 11 is 0. The lowest BCUT2D eigenvalue weighted by atomic mass is 10.1. The summed E-state index contributed by atoms with van der Waals surface area (Å²) in [4.78, 5) is 16.1. The summed E-state index contributed by atoms with van der Waals surface area (Å²) < 4.78 is 10.5. The number of aliphatic imine (C=N–C) groups is 1. The normalized spacial score (nSPS) is 11.7. The fourth-order valence-corrected chi connectivity index (χ4v) is 2.22. The minimum Gasteiger partial charge on any atom is -0.463 e. The van der Waals surface area contributed by atoms with Gasteiger partial charge >= 0.3 is 5.97 Å². The molecule has 0 radical (unpaired) electrons. The van der Waals surface area contributed by atoms with Crippen LogP contribution in [0.1, 0.15) is 58.1 Å². The molecule has 24 heavy (non-hydrogen) atoms. The standard InChI is InChI=1S/C17H30N4O3/c1-6-14-13(15(7-2)24-21-14)11-20-17(18-8-3)19-10-9-16(22)23-12(4)5/h12H,6-11H2,1-5H3,(H2,18,19,20). The molecule has 0 aliphatic heterocycles. The average molecular weight is 338 g/mol. The van der Waals surface area contributed by atoms with Gasteiger partial charge in [-0.1, -0.05) is 19.0 Å². The van der Waals surface area contributed by atoms with Gasteiger partial charge in [-0.2, -0.15) is 0 Å². The van der Waals surface area contributed by atoms with E-state index >= 15 is 0 Å². The SMILES string of the molecule is CCNC(=NCc1c(CC)noc1CC)NCCC(=O)OC(C)C. The lowest BCUT2D eigenvalue weighted by Gasteiger charge is -2.12. The van der Waals surface area contributed by atoms with Crippen molar-refractivity contribution in [1.82, 2.24) is 15.8 Å². The maximum absolute atomic E-state index is 11.6. The molecule has 0 saturated carbocycles. The Hall–Kier alpha value is -2.05. The Labute approximate surface area is 144 Å². The minimum absolute atomic E-state index is 0.0899. The van der Waals surface area contributed by atoms with Crippen LogP contribution in [-0.4, -0.2) is 36.3 Å². The Balaban J connectivity index is 2.62. The fourth-order valence-electron chi connectivity index (χ4n) is 2.22. The second-order valence-corrected chi connectivity index (χ2v) is 5.65. The lowest BCUT2D eigenvalue weighted by molar-refractivity contribution is -0.147. The van der Waals surface area contributed by atoms with Crippen molar-refractivity contribution in [2.75, 3.05) is 13.1 Å². The average Bonchev–Trinajstić information content (AvgIpc) is 2.93. The van der Waals surface area contributed by atoms with Crippen molar-refractivity contribution in [2.24, 2.45) is 4.99 Å². The molecule has 0 aliphatic rings. The summed E-state index contributed by atoms with van der Waals surface area (Å²) in [5.41, 5.74) is 2.00. The van der Waals surface area contributed by atoms with Crippen LogP contribution >= 0.6 is 0 Å². The van der Waals surface area contributed by atoms with E-state index in [1.54, 1.807) is 0 Å². The van der Waals surface area contributed by atoms with Crippen molar-refractivity contribution < 1.29 is 14.1 Å². The van der Waals surface area contributed by atoms with E-state index in [0.29, 0.717) is 25.5 Å². The maximum Gasteiger partial charge on any atom is 0.307 e. The van der Waals surface area contributed by atoms with Crippen molar-refractivity contribution in [3.05, 3.63) is 17.0 Å². The number of nitrogens with zero attached hydrogens (tertiary/aromatic N) is 2. The number of carbonyl (C=O) groups is 1. The number of aryl methyl sites for hydroxylation is 2. The molecular weight excluding hydrogens is 308 g/mol. The molecule has 0 aliphatic carbocycles. The number of ether oxygens (including phenoxy) is 1. The van der Waals surface area contributed by atoms with Crippen molar-refractivity contribution in [3.63, 3.8) is 0 Å². The summed E-state index contributed by atoms with van der Waals surface area (Å²) in [5, 5.41) is 10.4. The zero-order valence-electron chi connectivity index (χ0n) is 15.4. The van der Waals surface area contributed by atoms with Gasteiger partial charge < -0.3 is 19.9 Å². The van der Waals surface area contributed by atoms with E-state index in [2.05, 4.69) is 20.8 Å².